The Morgan fingerprint density at radius 3 is 2.60 bits per heavy atom. The minimum atomic E-state index is -0.211. The molecule has 0 aliphatic carbocycles. The summed E-state index contributed by atoms with van der Waals surface area (Å²) in [5.41, 5.74) is 1.05. The third-order valence-electron chi connectivity index (χ3n) is 4.80. The molecule has 0 unspecified atom stereocenters. The fraction of sp³-hybridized carbons (Fsp3) is 0.421. The number of hydrogen-bond acceptors (Lipinski definition) is 3. The van der Waals surface area contributed by atoms with E-state index in [9.17, 15) is 9.18 Å². The molecular weight excluding hydrogens is 321 g/mol. The van der Waals surface area contributed by atoms with E-state index < -0.39 is 0 Å². The number of furan rings is 1. The van der Waals surface area contributed by atoms with E-state index >= 15 is 0 Å². The minimum absolute atomic E-state index is 0.0564. The van der Waals surface area contributed by atoms with E-state index in [2.05, 4.69) is 10.2 Å². The molecule has 1 atom stereocenters. The van der Waals surface area contributed by atoms with Crippen LogP contribution < -0.4 is 15.1 Å². The molecule has 0 bridgehead atoms. The normalized spacial score (nSPS) is 16.6. The third kappa shape index (κ3) is 4.39. The van der Waals surface area contributed by atoms with Crippen LogP contribution in [0.25, 0.3) is 0 Å². The second-order valence-corrected chi connectivity index (χ2v) is 6.35. The van der Waals surface area contributed by atoms with Crippen LogP contribution in [0.5, 0.6) is 0 Å². The lowest BCUT2D eigenvalue weighted by Gasteiger charge is -2.37. The van der Waals surface area contributed by atoms with Crippen LogP contribution in [-0.2, 0) is 4.79 Å². The van der Waals surface area contributed by atoms with Gasteiger partial charge in [0.1, 0.15) is 5.82 Å². The van der Waals surface area contributed by atoms with Crippen LogP contribution in [0.2, 0.25) is 0 Å². The highest BCUT2D eigenvalue weighted by Crippen LogP contribution is 2.16. The Hall–Kier alpha value is -2.34. The van der Waals surface area contributed by atoms with Gasteiger partial charge in [0, 0.05) is 12.1 Å². The first-order valence-corrected chi connectivity index (χ1v) is 8.82. The molecule has 2 heterocycles. The van der Waals surface area contributed by atoms with Crippen molar-refractivity contribution < 1.29 is 18.5 Å². The number of amides is 1. The zero-order valence-corrected chi connectivity index (χ0v) is 14.5. The van der Waals surface area contributed by atoms with Crippen molar-refractivity contribution in [3.05, 3.63) is 54.2 Å². The lowest BCUT2D eigenvalue weighted by Crippen LogP contribution is -3.15. The Balaban J connectivity index is 1.63. The summed E-state index contributed by atoms with van der Waals surface area (Å²) in [5.74, 6) is 0.750. The van der Waals surface area contributed by atoms with Gasteiger partial charge in [-0.25, -0.2) is 4.39 Å². The highest BCUT2D eigenvalue weighted by Gasteiger charge is 2.30. The Morgan fingerprint density at radius 1 is 1.28 bits per heavy atom. The minimum Gasteiger partial charge on any atom is -0.463 e. The maximum Gasteiger partial charge on any atom is 0.219 e. The van der Waals surface area contributed by atoms with Gasteiger partial charge in [-0.1, -0.05) is 6.92 Å². The van der Waals surface area contributed by atoms with Crippen molar-refractivity contribution in [3.63, 3.8) is 0 Å². The van der Waals surface area contributed by atoms with E-state index in [1.165, 1.54) is 17.0 Å². The number of nitrogens with zero attached hydrogens (tertiary/aromatic N) is 1. The molecule has 1 aromatic heterocycles. The Morgan fingerprint density at radius 2 is 2.00 bits per heavy atom. The Kier molecular flexibility index (Phi) is 5.71. The van der Waals surface area contributed by atoms with Crippen molar-refractivity contribution in [1.29, 1.82) is 0 Å². The van der Waals surface area contributed by atoms with Crippen LogP contribution in [0, 0.1) is 5.82 Å². The van der Waals surface area contributed by atoms with Gasteiger partial charge < -0.3 is 19.5 Å². The molecule has 6 heteroatoms. The maximum absolute atomic E-state index is 13.1. The maximum atomic E-state index is 13.1. The summed E-state index contributed by atoms with van der Waals surface area (Å²) in [7, 11) is 0. The van der Waals surface area contributed by atoms with Gasteiger partial charge >= 0.3 is 0 Å². The predicted octanol–water partition coefficient (Wildman–Crippen LogP) is 1.39. The second-order valence-electron chi connectivity index (χ2n) is 6.35. The van der Waals surface area contributed by atoms with Gasteiger partial charge in [-0.15, -0.1) is 0 Å². The lowest BCUT2D eigenvalue weighted by atomic mass is 10.1. The first-order valence-electron chi connectivity index (χ1n) is 8.82. The molecule has 1 fully saturated rings. The molecule has 2 aromatic rings. The standard InChI is InChI=1S/C19H24FN3O2/c1-2-19(24)21-14-17(18-4-3-13-25-18)23-11-9-22(10-12-23)16-7-5-15(20)6-8-16/h3-8,13,17H,2,9-12,14H2,1H3,(H,21,24)/p+1/t17-/m1/s1. The lowest BCUT2D eigenvalue weighted by molar-refractivity contribution is -0.932. The molecule has 0 spiro atoms. The zero-order chi connectivity index (χ0) is 17.6. The third-order valence-corrected chi connectivity index (χ3v) is 4.80. The van der Waals surface area contributed by atoms with Gasteiger partial charge in [-0.2, -0.15) is 0 Å². The Bertz CT molecular complexity index is 664. The van der Waals surface area contributed by atoms with E-state index in [-0.39, 0.29) is 17.8 Å². The van der Waals surface area contributed by atoms with Crippen molar-refractivity contribution >= 4 is 11.6 Å². The number of carbonyl (C=O) groups is 1. The van der Waals surface area contributed by atoms with Crippen LogP contribution in [0.4, 0.5) is 10.1 Å². The van der Waals surface area contributed by atoms with Crippen LogP contribution in [0.15, 0.2) is 47.1 Å². The molecule has 1 saturated heterocycles. The number of rotatable bonds is 6. The smallest absolute Gasteiger partial charge is 0.219 e. The van der Waals surface area contributed by atoms with E-state index in [4.69, 9.17) is 4.42 Å². The molecule has 1 amide bonds. The summed E-state index contributed by atoms with van der Waals surface area (Å²) in [5, 5.41) is 2.99. The fourth-order valence-corrected chi connectivity index (χ4v) is 3.33. The molecule has 25 heavy (non-hydrogen) atoms. The topological polar surface area (TPSA) is 49.9 Å². The molecule has 1 aliphatic heterocycles. The number of carbonyl (C=O) groups excluding carboxylic acids is 1. The predicted molar refractivity (Wildman–Crippen MR) is 94.1 cm³/mol. The quantitative estimate of drug-likeness (QED) is 0.831. The highest BCUT2D eigenvalue weighted by atomic mass is 19.1. The summed E-state index contributed by atoms with van der Waals surface area (Å²) in [6.45, 7) is 6.08. The number of quaternary nitrogens is 1. The average Bonchev–Trinajstić information content (AvgIpc) is 3.17. The summed E-state index contributed by atoms with van der Waals surface area (Å²) in [6.07, 6.45) is 2.16. The second kappa shape index (κ2) is 8.16. The van der Waals surface area contributed by atoms with Gasteiger partial charge in [-0.05, 0) is 36.4 Å². The fourth-order valence-electron chi connectivity index (χ4n) is 3.33. The highest BCUT2D eigenvalue weighted by molar-refractivity contribution is 5.75. The first-order chi connectivity index (χ1) is 12.2. The number of nitrogens with one attached hydrogen (secondary N) is 2. The number of hydrogen-bond donors (Lipinski definition) is 2. The van der Waals surface area contributed by atoms with Gasteiger partial charge in [0.2, 0.25) is 5.91 Å². The first kappa shape index (κ1) is 17.5. The van der Waals surface area contributed by atoms with Crippen LogP contribution in [-0.4, -0.2) is 38.6 Å². The number of piperazine rings is 1. The molecule has 134 valence electrons. The van der Waals surface area contributed by atoms with E-state index in [0.717, 1.165) is 37.6 Å². The number of halogens is 1. The van der Waals surface area contributed by atoms with E-state index in [0.29, 0.717) is 13.0 Å². The molecule has 1 aliphatic rings. The van der Waals surface area contributed by atoms with E-state index in [1.54, 1.807) is 6.26 Å². The van der Waals surface area contributed by atoms with Crippen LogP contribution >= 0.6 is 0 Å². The summed E-state index contributed by atoms with van der Waals surface area (Å²) >= 11 is 0. The monoisotopic (exact) mass is 346 g/mol. The summed E-state index contributed by atoms with van der Waals surface area (Å²) in [6, 6.07) is 10.6. The molecule has 3 rings (SSSR count). The van der Waals surface area contributed by atoms with Crippen molar-refractivity contribution in [1.82, 2.24) is 5.32 Å². The molecule has 1 aromatic carbocycles. The van der Waals surface area contributed by atoms with Crippen LogP contribution in [0.1, 0.15) is 25.1 Å². The van der Waals surface area contributed by atoms with Crippen molar-refractivity contribution in [2.45, 2.75) is 19.4 Å². The van der Waals surface area contributed by atoms with Gasteiger partial charge in [0.05, 0.1) is 39.0 Å². The molecular formula is C19H25FN3O2+. The van der Waals surface area contributed by atoms with Crippen molar-refractivity contribution in [3.8, 4) is 0 Å². The SMILES string of the molecule is CCC(=O)NC[C@H](c1ccco1)[NH+]1CCN(c2ccc(F)cc2)CC1. The van der Waals surface area contributed by atoms with Crippen molar-refractivity contribution in [2.24, 2.45) is 0 Å². The van der Waals surface area contributed by atoms with Gasteiger partial charge in [0.15, 0.2) is 11.8 Å². The zero-order valence-electron chi connectivity index (χ0n) is 14.5. The number of benzene rings is 1. The van der Waals surface area contributed by atoms with E-state index in [1.807, 2.05) is 31.2 Å². The van der Waals surface area contributed by atoms with Crippen molar-refractivity contribution in [2.75, 3.05) is 37.6 Å². The summed E-state index contributed by atoms with van der Waals surface area (Å²) in [4.78, 5) is 15.3. The van der Waals surface area contributed by atoms with Gasteiger partial charge in [0.25, 0.3) is 0 Å². The van der Waals surface area contributed by atoms with Gasteiger partial charge in [-0.3, -0.25) is 4.79 Å². The molecule has 0 saturated carbocycles. The largest absolute Gasteiger partial charge is 0.463 e. The molecule has 2 N–H and O–H groups in total. The number of anilines is 1. The molecule has 5 nitrogen and oxygen atoms in total. The Labute approximate surface area is 147 Å². The average molecular weight is 346 g/mol. The van der Waals surface area contributed by atoms with Crippen LogP contribution in [0.3, 0.4) is 0 Å². The summed E-state index contributed by atoms with van der Waals surface area (Å²) < 4.78 is 18.7. The molecule has 0 radical (unpaired) electrons.